The maximum Gasteiger partial charge on any atom is 0.407 e. The molecule has 2 bridgehead atoms. The van der Waals surface area contributed by atoms with E-state index in [0.717, 1.165) is 5.56 Å². The summed E-state index contributed by atoms with van der Waals surface area (Å²) in [5.74, 6) is -1.04. The number of carbonyl (C=O) groups excluding carboxylic acids is 4. The number of fused-ring (bicyclic) bond motifs is 1. The first kappa shape index (κ1) is 19.0. The number of hydrogen-bond acceptors (Lipinski definition) is 5. The van der Waals surface area contributed by atoms with Crippen molar-refractivity contribution in [2.75, 3.05) is 6.67 Å². The lowest BCUT2D eigenvalue weighted by Gasteiger charge is -2.69. The third-order valence-corrected chi connectivity index (χ3v) is 6.75. The van der Waals surface area contributed by atoms with Gasteiger partial charge in [-0.15, -0.1) is 0 Å². The number of ether oxygens (including phenoxy) is 1. The van der Waals surface area contributed by atoms with E-state index in [2.05, 4.69) is 10.6 Å². The molecule has 1 saturated heterocycles. The normalized spacial score (nSPS) is 31.4. The molecule has 0 radical (unpaired) electrons. The number of amides is 4. The van der Waals surface area contributed by atoms with Gasteiger partial charge in [0.25, 0.3) is 5.91 Å². The summed E-state index contributed by atoms with van der Waals surface area (Å²) in [5.41, 5.74) is 1.41. The summed E-state index contributed by atoms with van der Waals surface area (Å²) >= 11 is 0. The molecule has 3 saturated carbocycles. The van der Waals surface area contributed by atoms with E-state index >= 15 is 0 Å². The molecule has 8 nitrogen and oxygen atoms in total. The van der Waals surface area contributed by atoms with E-state index in [1.165, 1.54) is 4.90 Å². The molecule has 5 aliphatic rings. The molecule has 2 N–H and O–H groups in total. The van der Waals surface area contributed by atoms with Crippen LogP contribution in [0.15, 0.2) is 18.2 Å². The Labute approximate surface area is 172 Å². The van der Waals surface area contributed by atoms with Crippen LogP contribution < -0.4 is 10.6 Å². The van der Waals surface area contributed by atoms with E-state index in [1.54, 1.807) is 18.2 Å². The molecule has 0 spiro atoms. The molecule has 30 heavy (non-hydrogen) atoms. The van der Waals surface area contributed by atoms with Gasteiger partial charge in [-0.1, -0.05) is 12.1 Å². The van der Waals surface area contributed by atoms with Gasteiger partial charge >= 0.3 is 6.09 Å². The van der Waals surface area contributed by atoms with Crippen molar-refractivity contribution in [3.63, 3.8) is 0 Å². The molecule has 9 heteroatoms. The fourth-order valence-corrected chi connectivity index (χ4v) is 5.37. The van der Waals surface area contributed by atoms with Gasteiger partial charge in [0.2, 0.25) is 11.8 Å². The molecule has 2 aliphatic heterocycles. The molecule has 6 rings (SSSR count). The Morgan fingerprint density at radius 3 is 2.73 bits per heavy atom. The van der Waals surface area contributed by atoms with Crippen LogP contribution in [0.5, 0.6) is 0 Å². The topological polar surface area (TPSA) is 105 Å². The third-order valence-electron chi connectivity index (χ3n) is 6.75. The zero-order valence-electron chi connectivity index (χ0n) is 16.3. The number of nitrogens with one attached hydrogen (secondary N) is 2. The van der Waals surface area contributed by atoms with Gasteiger partial charge in [0, 0.05) is 29.5 Å². The molecule has 158 valence electrons. The summed E-state index contributed by atoms with van der Waals surface area (Å²) in [5, 5.41) is 5.11. The van der Waals surface area contributed by atoms with E-state index in [4.69, 9.17) is 4.74 Å². The Bertz CT molecular complexity index is 958. The van der Waals surface area contributed by atoms with Crippen molar-refractivity contribution in [3.8, 4) is 0 Å². The smallest absolute Gasteiger partial charge is 0.407 e. The second kappa shape index (κ2) is 6.52. The van der Waals surface area contributed by atoms with Gasteiger partial charge in [0.1, 0.15) is 12.6 Å². The van der Waals surface area contributed by atoms with Gasteiger partial charge < -0.3 is 15.0 Å². The van der Waals surface area contributed by atoms with Gasteiger partial charge in [-0.2, -0.15) is 0 Å². The molecule has 2 heterocycles. The predicted octanol–water partition coefficient (Wildman–Crippen LogP) is 1.57. The standard InChI is InChI=1S/C21H22FN3O5/c22-11-20-8-21(9-20,10-20)24-19(29)30-7-12-1-2-13-6-25(18(28)14(13)5-12)15-3-4-16(26)23-17(15)27/h1-2,5,15H,3-4,6-11H2,(H,24,29)(H,23,26,27). The Morgan fingerprint density at radius 2 is 2.03 bits per heavy atom. The van der Waals surface area contributed by atoms with Crippen LogP contribution in [0.2, 0.25) is 0 Å². The molecular formula is C21H22FN3O5. The second-order valence-electron chi connectivity index (χ2n) is 9.04. The summed E-state index contributed by atoms with van der Waals surface area (Å²) in [6.45, 7) is -0.0273. The van der Waals surface area contributed by atoms with Gasteiger partial charge in [-0.05, 0) is 42.9 Å². The Hall–Kier alpha value is -2.97. The van der Waals surface area contributed by atoms with E-state index < -0.39 is 18.0 Å². The van der Waals surface area contributed by atoms with Crippen LogP contribution in [0.4, 0.5) is 9.18 Å². The average Bonchev–Trinajstić information content (AvgIpc) is 2.98. The van der Waals surface area contributed by atoms with Crippen molar-refractivity contribution < 1.29 is 28.3 Å². The van der Waals surface area contributed by atoms with Crippen molar-refractivity contribution in [2.24, 2.45) is 5.41 Å². The lowest BCUT2D eigenvalue weighted by atomic mass is 9.40. The lowest BCUT2D eigenvalue weighted by Crippen LogP contribution is -2.75. The fourth-order valence-electron chi connectivity index (χ4n) is 5.37. The molecule has 4 amide bonds. The first-order valence-corrected chi connectivity index (χ1v) is 10.1. The molecule has 0 aromatic heterocycles. The van der Waals surface area contributed by atoms with Crippen molar-refractivity contribution in [3.05, 3.63) is 34.9 Å². The fraction of sp³-hybridized carbons (Fsp3) is 0.524. The monoisotopic (exact) mass is 415 g/mol. The highest BCUT2D eigenvalue weighted by Crippen LogP contribution is 2.67. The van der Waals surface area contributed by atoms with Crippen LogP contribution in [0.25, 0.3) is 0 Å². The van der Waals surface area contributed by atoms with Gasteiger partial charge in [-0.3, -0.25) is 24.1 Å². The van der Waals surface area contributed by atoms with E-state index in [-0.39, 0.29) is 42.5 Å². The Kier molecular flexibility index (Phi) is 4.13. The van der Waals surface area contributed by atoms with Crippen LogP contribution >= 0.6 is 0 Å². The Morgan fingerprint density at radius 1 is 1.27 bits per heavy atom. The summed E-state index contributed by atoms with van der Waals surface area (Å²) in [4.78, 5) is 49.8. The number of hydrogen-bond donors (Lipinski definition) is 2. The summed E-state index contributed by atoms with van der Waals surface area (Å²) < 4.78 is 18.1. The van der Waals surface area contributed by atoms with Crippen LogP contribution in [0.3, 0.4) is 0 Å². The zero-order chi connectivity index (χ0) is 21.1. The number of alkyl carbamates (subject to hydrolysis) is 1. The van der Waals surface area contributed by atoms with Crippen LogP contribution in [-0.4, -0.2) is 47.0 Å². The number of benzene rings is 1. The maximum absolute atomic E-state index is 12.9. The first-order valence-electron chi connectivity index (χ1n) is 10.1. The third kappa shape index (κ3) is 2.95. The van der Waals surface area contributed by atoms with E-state index in [0.29, 0.717) is 43.4 Å². The highest BCUT2D eigenvalue weighted by atomic mass is 19.1. The minimum Gasteiger partial charge on any atom is -0.445 e. The van der Waals surface area contributed by atoms with Crippen molar-refractivity contribution in [2.45, 2.75) is 56.8 Å². The molecule has 4 fully saturated rings. The van der Waals surface area contributed by atoms with Gasteiger partial charge in [0.05, 0.1) is 6.67 Å². The highest BCUT2D eigenvalue weighted by molar-refractivity contribution is 6.05. The Balaban J connectivity index is 1.19. The first-order chi connectivity index (χ1) is 14.3. The number of halogens is 1. The molecule has 1 unspecified atom stereocenters. The number of nitrogens with zero attached hydrogens (tertiary/aromatic N) is 1. The van der Waals surface area contributed by atoms with Crippen LogP contribution in [0.1, 0.15) is 53.6 Å². The molecular weight excluding hydrogens is 393 g/mol. The highest BCUT2D eigenvalue weighted by Gasteiger charge is 2.68. The summed E-state index contributed by atoms with van der Waals surface area (Å²) in [7, 11) is 0. The van der Waals surface area contributed by atoms with Crippen molar-refractivity contribution in [1.82, 2.24) is 15.5 Å². The minimum atomic E-state index is -0.659. The van der Waals surface area contributed by atoms with E-state index in [9.17, 15) is 23.6 Å². The SMILES string of the molecule is O=C1CCC(N2Cc3ccc(COC(=O)NC45CC(CF)(C4)C5)cc3C2=O)C(=O)N1. The minimum absolute atomic E-state index is 0.00907. The predicted molar refractivity (Wildman–Crippen MR) is 101 cm³/mol. The summed E-state index contributed by atoms with van der Waals surface area (Å²) in [6.07, 6.45) is 1.96. The zero-order valence-corrected chi connectivity index (χ0v) is 16.3. The number of alkyl halides is 1. The van der Waals surface area contributed by atoms with Gasteiger partial charge in [-0.25, -0.2) is 4.79 Å². The number of imide groups is 1. The van der Waals surface area contributed by atoms with Crippen molar-refractivity contribution in [1.29, 1.82) is 0 Å². The second-order valence-corrected chi connectivity index (χ2v) is 9.04. The average molecular weight is 415 g/mol. The molecule has 1 aromatic carbocycles. The molecule has 1 atom stereocenters. The summed E-state index contributed by atoms with van der Waals surface area (Å²) in [6, 6.07) is 4.60. The molecule has 3 aliphatic carbocycles. The van der Waals surface area contributed by atoms with Gasteiger partial charge in [0.15, 0.2) is 0 Å². The quantitative estimate of drug-likeness (QED) is 0.711. The molecule has 1 aromatic rings. The van der Waals surface area contributed by atoms with Crippen molar-refractivity contribution >= 4 is 23.8 Å². The number of rotatable bonds is 5. The maximum atomic E-state index is 12.9. The lowest BCUT2D eigenvalue weighted by molar-refractivity contribution is -0.160. The van der Waals surface area contributed by atoms with Crippen LogP contribution in [-0.2, 0) is 27.5 Å². The largest absolute Gasteiger partial charge is 0.445 e. The number of carbonyl (C=O) groups is 4. The number of piperidine rings is 1. The van der Waals surface area contributed by atoms with E-state index in [1.807, 2.05) is 0 Å². The van der Waals surface area contributed by atoms with Crippen LogP contribution in [0, 0.1) is 5.41 Å².